The van der Waals surface area contributed by atoms with E-state index in [1.165, 1.54) is 21.5 Å². The Balaban J connectivity index is 0.000000399. The highest BCUT2D eigenvalue weighted by atomic mass is 31.2. The molecule has 5 N–H and O–H groups in total. The molecule has 0 bridgehead atoms. The van der Waals surface area contributed by atoms with Gasteiger partial charge in [0.1, 0.15) is 5.75 Å². The summed E-state index contributed by atoms with van der Waals surface area (Å²) < 4.78 is 15.0. The molecule has 0 aromatic heterocycles. The van der Waals surface area contributed by atoms with E-state index in [-0.39, 0.29) is 0 Å². The number of rotatable bonds is 5. The van der Waals surface area contributed by atoms with Crippen LogP contribution in [-0.4, -0.2) is 27.8 Å². The maximum Gasteiger partial charge on any atom is 0.466 e. The summed E-state index contributed by atoms with van der Waals surface area (Å²) in [7, 11) is -4.64. The molecule has 0 unspecified atom stereocenters. The standard InChI is InChI=1S/C18H19NO.H3O4P/c19-11-5-6-12-20-18-16-9-3-1-7-14(16)13-15-8-2-4-10-17(15)18;1-5(2,3)4/h1-4,7-10,13H,5-6,11-12,19H2;(H3,1,2,3,4). The van der Waals surface area contributed by atoms with Crippen molar-refractivity contribution in [2.24, 2.45) is 5.73 Å². The monoisotopic (exact) mass is 363 g/mol. The van der Waals surface area contributed by atoms with Gasteiger partial charge in [0, 0.05) is 10.8 Å². The molecule has 0 atom stereocenters. The summed E-state index contributed by atoms with van der Waals surface area (Å²) in [6, 6.07) is 19.0. The van der Waals surface area contributed by atoms with Crippen molar-refractivity contribution in [2.75, 3.05) is 13.2 Å². The van der Waals surface area contributed by atoms with E-state index in [2.05, 4.69) is 54.6 Å². The Morgan fingerprint density at radius 3 is 1.84 bits per heavy atom. The number of hydrogen-bond donors (Lipinski definition) is 4. The van der Waals surface area contributed by atoms with Crippen LogP contribution in [0.1, 0.15) is 12.8 Å². The van der Waals surface area contributed by atoms with E-state index in [1.807, 2.05) is 0 Å². The lowest BCUT2D eigenvalue weighted by molar-refractivity contribution is 0.275. The highest BCUT2D eigenvalue weighted by Crippen LogP contribution is 2.34. The first-order chi connectivity index (χ1) is 11.9. The molecule has 25 heavy (non-hydrogen) atoms. The van der Waals surface area contributed by atoms with Gasteiger partial charge in [0.2, 0.25) is 0 Å². The number of ether oxygens (including phenoxy) is 1. The van der Waals surface area contributed by atoms with Crippen LogP contribution in [0.2, 0.25) is 0 Å². The summed E-state index contributed by atoms with van der Waals surface area (Å²) in [6.07, 6.45) is 2.00. The fourth-order valence-electron chi connectivity index (χ4n) is 2.55. The van der Waals surface area contributed by atoms with Crippen LogP contribution in [0.25, 0.3) is 21.5 Å². The summed E-state index contributed by atoms with van der Waals surface area (Å²) >= 11 is 0. The van der Waals surface area contributed by atoms with Crippen LogP contribution < -0.4 is 10.5 Å². The van der Waals surface area contributed by atoms with Crippen LogP contribution in [0.5, 0.6) is 5.75 Å². The minimum Gasteiger partial charge on any atom is -0.492 e. The van der Waals surface area contributed by atoms with Crippen LogP contribution in [0.3, 0.4) is 0 Å². The minimum absolute atomic E-state index is 0.717. The second kappa shape index (κ2) is 8.94. The van der Waals surface area contributed by atoms with Crippen LogP contribution in [0.4, 0.5) is 0 Å². The van der Waals surface area contributed by atoms with Gasteiger partial charge in [0.25, 0.3) is 0 Å². The Morgan fingerprint density at radius 1 is 0.880 bits per heavy atom. The molecule has 3 rings (SSSR count). The van der Waals surface area contributed by atoms with Gasteiger partial charge in [0.05, 0.1) is 6.61 Å². The molecule has 0 spiro atoms. The van der Waals surface area contributed by atoms with Gasteiger partial charge >= 0.3 is 7.82 Å². The number of phosphoric acid groups is 1. The molecule has 3 aromatic rings. The third kappa shape index (κ3) is 6.12. The first-order valence-electron chi connectivity index (χ1n) is 7.92. The highest BCUT2D eigenvalue weighted by molar-refractivity contribution is 7.45. The topological polar surface area (TPSA) is 113 Å². The van der Waals surface area contributed by atoms with Gasteiger partial charge in [-0.15, -0.1) is 0 Å². The zero-order valence-corrected chi connectivity index (χ0v) is 14.6. The molecular formula is C18H22NO5P. The Labute approximate surface area is 146 Å². The molecule has 0 amide bonds. The smallest absolute Gasteiger partial charge is 0.466 e. The van der Waals surface area contributed by atoms with Crippen molar-refractivity contribution < 1.29 is 24.0 Å². The Bertz CT molecular complexity index is 815. The third-order valence-electron chi connectivity index (χ3n) is 3.57. The maximum atomic E-state index is 8.88. The van der Waals surface area contributed by atoms with Crippen molar-refractivity contribution in [3.8, 4) is 5.75 Å². The van der Waals surface area contributed by atoms with Crippen LogP contribution in [0.15, 0.2) is 54.6 Å². The Hall–Kier alpha value is -1.95. The molecular weight excluding hydrogens is 341 g/mol. The molecule has 0 aliphatic carbocycles. The van der Waals surface area contributed by atoms with E-state index in [1.54, 1.807) is 0 Å². The molecule has 7 heteroatoms. The first kappa shape index (κ1) is 19.4. The average Bonchev–Trinajstić information content (AvgIpc) is 2.56. The van der Waals surface area contributed by atoms with E-state index in [9.17, 15) is 0 Å². The van der Waals surface area contributed by atoms with E-state index in [0.717, 1.165) is 31.7 Å². The van der Waals surface area contributed by atoms with Gasteiger partial charge in [-0.2, -0.15) is 0 Å². The molecule has 0 aliphatic rings. The molecule has 0 heterocycles. The lowest BCUT2D eigenvalue weighted by Crippen LogP contribution is -2.04. The van der Waals surface area contributed by atoms with Crippen molar-refractivity contribution in [2.45, 2.75) is 12.8 Å². The van der Waals surface area contributed by atoms with Crippen molar-refractivity contribution in [3.63, 3.8) is 0 Å². The molecule has 0 aliphatic heterocycles. The average molecular weight is 363 g/mol. The van der Waals surface area contributed by atoms with Crippen LogP contribution in [0, 0.1) is 0 Å². The second-order valence-electron chi connectivity index (χ2n) is 5.51. The molecule has 0 fully saturated rings. The van der Waals surface area contributed by atoms with Gasteiger partial charge in [-0.1, -0.05) is 48.5 Å². The van der Waals surface area contributed by atoms with Gasteiger partial charge < -0.3 is 25.2 Å². The second-order valence-corrected chi connectivity index (χ2v) is 6.53. The van der Waals surface area contributed by atoms with Gasteiger partial charge in [-0.25, -0.2) is 4.57 Å². The summed E-state index contributed by atoms with van der Waals surface area (Å²) in [6.45, 7) is 1.44. The summed E-state index contributed by atoms with van der Waals surface area (Å²) in [5.41, 5.74) is 5.53. The fraction of sp³-hybridized carbons (Fsp3) is 0.222. The Kier molecular flexibility index (Phi) is 6.93. The first-order valence-corrected chi connectivity index (χ1v) is 9.48. The molecule has 0 saturated heterocycles. The van der Waals surface area contributed by atoms with Crippen molar-refractivity contribution in [1.82, 2.24) is 0 Å². The lowest BCUT2D eigenvalue weighted by Gasteiger charge is -2.13. The Morgan fingerprint density at radius 2 is 1.36 bits per heavy atom. The number of unbranched alkanes of at least 4 members (excludes halogenated alkanes) is 1. The minimum atomic E-state index is -4.64. The van der Waals surface area contributed by atoms with E-state index >= 15 is 0 Å². The largest absolute Gasteiger partial charge is 0.492 e. The predicted octanol–water partition coefficient (Wildman–Crippen LogP) is 3.18. The van der Waals surface area contributed by atoms with E-state index in [4.69, 9.17) is 29.7 Å². The van der Waals surface area contributed by atoms with Crippen LogP contribution in [-0.2, 0) is 4.57 Å². The summed E-state index contributed by atoms with van der Waals surface area (Å²) in [5.74, 6) is 0.996. The zero-order valence-electron chi connectivity index (χ0n) is 13.7. The third-order valence-corrected chi connectivity index (χ3v) is 3.57. The van der Waals surface area contributed by atoms with Crippen molar-refractivity contribution >= 4 is 29.4 Å². The van der Waals surface area contributed by atoms with Gasteiger partial charge in [-0.3, -0.25) is 0 Å². The van der Waals surface area contributed by atoms with Crippen LogP contribution >= 0.6 is 7.82 Å². The number of benzene rings is 3. The highest BCUT2D eigenvalue weighted by Gasteiger charge is 2.08. The van der Waals surface area contributed by atoms with Gasteiger partial charge in [0.15, 0.2) is 0 Å². The molecule has 3 aromatic carbocycles. The quantitative estimate of drug-likeness (QED) is 0.315. The fourth-order valence-corrected chi connectivity index (χ4v) is 2.55. The molecule has 6 nitrogen and oxygen atoms in total. The zero-order chi connectivity index (χ0) is 18.3. The molecule has 0 radical (unpaired) electrons. The number of hydrogen-bond acceptors (Lipinski definition) is 3. The summed E-state index contributed by atoms with van der Waals surface area (Å²) in [5, 5.41) is 4.80. The summed E-state index contributed by atoms with van der Waals surface area (Å²) in [4.78, 5) is 21.6. The normalized spacial score (nSPS) is 11.2. The number of fused-ring (bicyclic) bond motifs is 2. The number of nitrogens with two attached hydrogens (primary N) is 1. The van der Waals surface area contributed by atoms with E-state index < -0.39 is 7.82 Å². The van der Waals surface area contributed by atoms with Crippen molar-refractivity contribution in [1.29, 1.82) is 0 Å². The molecule has 134 valence electrons. The van der Waals surface area contributed by atoms with Crippen molar-refractivity contribution in [3.05, 3.63) is 54.6 Å². The van der Waals surface area contributed by atoms with E-state index in [0.29, 0.717) is 0 Å². The SMILES string of the molecule is NCCCCOc1c2ccccc2cc2ccccc12.O=P(O)(O)O. The molecule has 0 saturated carbocycles. The predicted molar refractivity (Wildman–Crippen MR) is 99.5 cm³/mol. The maximum absolute atomic E-state index is 8.88. The van der Waals surface area contributed by atoms with Gasteiger partial charge in [-0.05, 0) is 36.2 Å². The lowest BCUT2D eigenvalue weighted by atomic mass is 10.0.